The maximum absolute atomic E-state index is 12.2. The molecule has 6 heteroatoms. The van der Waals surface area contributed by atoms with E-state index in [2.05, 4.69) is 5.32 Å². The molecule has 0 bridgehead atoms. The second-order valence-electron chi connectivity index (χ2n) is 6.71. The number of amides is 1. The van der Waals surface area contributed by atoms with E-state index in [1.54, 1.807) is 7.11 Å². The lowest BCUT2D eigenvalue weighted by Gasteiger charge is -2.12. The molecule has 146 valence electrons. The molecule has 1 atom stereocenters. The van der Waals surface area contributed by atoms with Gasteiger partial charge in [-0.15, -0.1) is 0 Å². The highest BCUT2D eigenvalue weighted by molar-refractivity contribution is 6.30. The van der Waals surface area contributed by atoms with Crippen molar-refractivity contribution >= 4 is 17.5 Å². The summed E-state index contributed by atoms with van der Waals surface area (Å²) in [5.74, 6) is 2.43. The third-order valence-electron chi connectivity index (χ3n) is 4.38. The molecule has 2 aromatic carbocycles. The number of methoxy groups -OCH3 is 1. The van der Waals surface area contributed by atoms with Crippen molar-refractivity contribution in [1.29, 1.82) is 0 Å². The van der Waals surface area contributed by atoms with E-state index < -0.39 is 0 Å². The maximum Gasteiger partial charge on any atom is 0.275 e. The Morgan fingerprint density at radius 2 is 1.79 bits per heavy atom. The van der Waals surface area contributed by atoms with Crippen LogP contribution in [0.2, 0.25) is 5.02 Å². The molecule has 5 nitrogen and oxygen atoms in total. The molecule has 0 aliphatic carbocycles. The number of halogens is 1. The molecule has 3 aromatic rings. The number of likely N-dealkylation sites (N-methyl/N-ethyl adjacent to an activating group) is 1. The minimum Gasteiger partial charge on any atom is -0.497 e. The van der Waals surface area contributed by atoms with Gasteiger partial charge in [-0.1, -0.05) is 23.7 Å². The van der Waals surface area contributed by atoms with Crippen LogP contribution in [-0.2, 0) is 17.9 Å². The Morgan fingerprint density at radius 3 is 2.46 bits per heavy atom. The van der Waals surface area contributed by atoms with E-state index in [1.165, 1.54) is 0 Å². The fourth-order valence-electron chi connectivity index (χ4n) is 2.88. The van der Waals surface area contributed by atoms with Crippen LogP contribution in [-0.4, -0.2) is 26.6 Å². The van der Waals surface area contributed by atoms with E-state index in [9.17, 15) is 4.79 Å². The molecule has 2 N–H and O–H groups in total. The minimum absolute atomic E-state index is 0.00204. The Balaban J connectivity index is 1.47. The molecule has 0 fully saturated rings. The second-order valence-corrected chi connectivity index (χ2v) is 7.14. The number of carbonyl (C=O) groups excluding carboxylic acids is 1. The highest BCUT2D eigenvalue weighted by Crippen LogP contribution is 2.23. The summed E-state index contributed by atoms with van der Waals surface area (Å²) in [5, 5.41) is 3.64. The first-order chi connectivity index (χ1) is 13.5. The first-order valence-electron chi connectivity index (χ1n) is 9.09. The van der Waals surface area contributed by atoms with Gasteiger partial charge in [0.2, 0.25) is 0 Å². The quantitative estimate of drug-likeness (QED) is 0.612. The fourth-order valence-corrected chi connectivity index (χ4v) is 3.01. The van der Waals surface area contributed by atoms with Gasteiger partial charge in [0.25, 0.3) is 5.91 Å². The lowest BCUT2D eigenvalue weighted by atomic mass is 10.2. The zero-order valence-corrected chi connectivity index (χ0v) is 16.8. The average molecular weight is 400 g/mol. The smallest absolute Gasteiger partial charge is 0.275 e. The summed E-state index contributed by atoms with van der Waals surface area (Å²) in [6, 6.07) is 19.1. The summed E-state index contributed by atoms with van der Waals surface area (Å²) in [6.07, 6.45) is 0. The van der Waals surface area contributed by atoms with E-state index in [1.807, 2.05) is 67.7 Å². The molecule has 1 amide bonds. The van der Waals surface area contributed by atoms with Crippen molar-refractivity contribution in [1.82, 2.24) is 5.32 Å². The molecule has 28 heavy (non-hydrogen) atoms. The van der Waals surface area contributed by atoms with E-state index in [0.717, 1.165) is 33.3 Å². The highest BCUT2D eigenvalue weighted by atomic mass is 35.5. The number of furan rings is 1. The van der Waals surface area contributed by atoms with E-state index >= 15 is 0 Å². The fraction of sp³-hybridized carbons (Fsp3) is 0.227. The average Bonchev–Trinajstić information content (AvgIpc) is 3.15. The van der Waals surface area contributed by atoms with Gasteiger partial charge in [-0.3, -0.25) is 4.79 Å². The predicted octanol–water partition coefficient (Wildman–Crippen LogP) is 2.94. The standard InChI is InChI=1S/C22H23ClN2O3/c1-25(15-22(26)24-13-16-3-9-19(27-2)10-4-16)14-20-11-12-21(28-20)17-5-7-18(23)8-6-17/h3-12H,13-15H2,1-2H3,(H,24,26)/p+1. The molecule has 1 aromatic heterocycles. The minimum atomic E-state index is -0.00204. The van der Waals surface area contributed by atoms with Crippen molar-refractivity contribution in [2.45, 2.75) is 13.1 Å². The highest BCUT2D eigenvalue weighted by Gasteiger charge is 2.13. The van der Waals surface area contributed by atoms with Crippen LogP contribution in [0, 0.1) is 0 Å². The molecule has 0 spiro atoms. The summed E-state index contributed by atoms with van der Waals surface area (Å²) in [6.45, 7) is 1.49. The van der Waals surface area contributed by atoms with Crippen LogP contribution in [0.25, 0.3) is 11.3 Å². The largest absolute Gasteiger partial charge is 0.497 e. The van der Waals surface area contributed by atoms with Gasteiger partial charge in [-0.2, -0.15) is 0 Å². The Kier molecular flexibility index (Phi) is 6.74. The Bertz CT molecular complexity index is 904. The summed E-state index contributed by atoms with van der Waals surface area (Å²) < 4.78 is 11.0. The van der Waals surface area contributed by atoms with Crippen molar-refractivity contribution < 1.29 is 18.8 Å². The van der Waals surface area contributed by atoms with Gasteiger partial charge >= 0.3 is 0 Å². The zero-order valence-electron chi connectivity index (χ0n) is 16.0. The third-order valence-corrected chi connectivity index (χ3v) is 4.63. The summed E-state index contributed by atoms with van der Waals surface area (Å²) in [4.78, 5) is 13.2. The van der Waals surface area contributed by atoms with Gasteiger partial charge < -0.3 is 19.4 Å². The van der Waals surface area contributed by atoms with Crippen molar-refractivity contribution in [2.24, 2.45) is 0 Å². The summed E-state index contributed by atoms with van der Waals surface area (Å²) in [7, 11) is 3.60. The Hall–Kier alpha value is -2.76. The van der Waals surface area contributed by atoms with Crippen LogP contribution >= 0.6 is 11.6 Å². The first-order valence-corrected chi connectivity index (χ1v) is 9.47. The van der Waals surface area contributed by atoms with Gasteiger partial charge in [-0.05, 0) is 54.1 Å². The number of hydrogen-bond donors (Lipinski definition) is 2. The number of nitrogens with one attached hydrogen (secondary N) is 2. The lowest BCUT2D eigenvalue weighted by Crippen LogP contribution is -3.08. The lowest BCUT2D eigenvalue weighted by molar-refractivity contribution is -0.886. The number of benzene rings is 2. The molecule has 0 saturated heterocycles. The SMILES string of the molecule is COc1ccc(CNC(=O)C[NH+](C)Cc2ccc(-c3ccc(Cl)cc3)o2)cc1. The van der Waals surface area contributed by atoms with Gasteiger partial charge in [-0.25, -0.2) is 0 Å². The van der Waals surface area contributed by atoms with Crippen molar-refractivity contribution in [3.8, 4) is 17.1 Å². The normalized spacial score (nSPS) is 11.8. The third kappa shape index (κ3) is 5.62. The number of rotatable bonds is 8. The molecule has 3 rings (SSSR count). The summed E-state index contributed by atoms with van der Waals surface area (Å²) >= 11 is 5.92. The molecule has 1 unspecified atom stereocenters. The van der Waals surface area contributed by atoms with Crippen molar-refractivity contribution in [3.63, 3.8) is 0 Å². The maximum atomic E-state index is 12.2. The van der Waals surface area contributed by atoms with Crippen LogP contribution in [0.1, 0.15) is 11.3 Å². The molecule has 0 radical (unpaired) electrons. The molecule has 0 aliphatic rings. The van der Waals surface area contributed by atoms with Crippen LogP contribution in [0.3, 0.4) is 0 Å². The molecular weight excluding hydrogens is 376 g/mol. The van der Waals surface area contributed by atoms with E-state index in [-0.39, 0.29) is 5.91 Å². The van der Waals surface area contributed by atoms with Crippen LogP contribution in [0.5, 0.6) is 5.75 Å². The zero-order chi connectivity index (χ0) is 19.9. The van der Waals surface area contributed by atoms with Crippen molar-refractivity contribution in [2.75, 3.05) is 20.7 Å². The summed E-state index contributed by atoms with van der Waals surface area (Å²) in [5.41, 5.74) is 2.01. The van der Waals surface area contributed by atoms with Crippen LogP contribution < -0.4 is 15.0 Å². The Labute approximate surface area is 169 Å². The van der Waals surface area contributed by atoms with Crippen LogP contribution in [0.4, 0.5) is 0 Å². The van der Waals surface area contributed by atoms with Gasteiger partial charge in [0.1, 0.15) is 18.1 Å². The molecular formula is C22H24ClN2O3+. The first kappa shape index (κ1) is 20.0. The topological polar surface area (TPSA) is 55.9 Å². The number of ether oxygens (including phenoxy) is 1. The van der Waals surface area contributed by atoms with Crippen molar-refractivity contribution in [3.05, 3.63) is 77.0 Å². The number of quaternary nitrogens is 1. The number of carbonyl (C=O) groups is 1. The second kappa shape index (κ2) is 9.44. The van der Waals surface area contributed by atoms with Gasteiger partial charge in [0, 0.05) is 17.1 Å². The molecule has 1 heterocycles. The predicted molar refractivity (Wildman–Crippen MR) is 109 cm³/mol. The van der Waals surface area contributed by atoms with Gasteiger partial charge in [0.15, 0.2) is 12.3 Å². The van der Waals surface area contributed by atoms with Crippen LogP contribution in [0.15, 0.2) is 65.1 Å². The van der Waals surface area contributed by atoms with E-state index in [0.29, 0.717) is 24.7 Å². The monoisotopic (exact) mass is 399 g/mol. The molecule has 0 aliphatic heterocycles. The Morgan fingerprint density at radius 1 is 1.07 bits per heavy atom. The number of hydrogen-bond acceptors (Lipinski definition) is 3. The van der Waals surface area contributed by atoms with Gasteiger partial charge in [0.05, 0.1) is 14.2 Å². The molecule has 0 saturated carbocycles. The van der Waals surface area contributed by atoms with E-state index in [4.69, 9.17) is 20.8 Å².